The molecule has 5 heteroatoms. The predicted molar refractivity (Wildman–Crippen MR) is 72.5 cm³/mol. The third kappa shape index (κ3) is 2.98. The molecule has 2 N–H and O–H groups in total. The van der Waals surface area contributed by atoms with Crippen molar-refractivity contribution in [3.8, 4) is 11.5 Å². The monoisotopic (exact) mass is 264 g/mol. The van der Waals surface area contributed by atoms with Gasteiger partial charge in [0.05, 0.1) is 19.1 Å². The van der Waals surface area contributed by atoms with Crippen LogP contribution < -0.4 is 15.2 Å². The zero-order chi connectivity index (χ0) is 13.8. The van der Waals surface area contributed by atoms with E-state index in [1.165, 1.54) is 0 Å². The summed E-state index contributed by atoms with van der Waals surface area (Å²) in [5, 5.41) is 0. The van der Waals surface area contributed by atoms with Gasteiger partial charge in [-0.05, 0) is 17.7 Å². The molecule has 1 aliphatic rings. The van der Waals surface area contributed by atoms with Gasteiger partial charge in [-0.25, -0.2) is 0 Å². The number of carbonyl (C=O) groups is 1. The van der Waals surface area contributed by atoms with Crippen molar-refractivity contribution in [2.24, 2.45) is 5.73 Å². The number of carbonyl (C=O) groups excluding carboxylic acids is 1. The smallest absolute Gasteiger partial charge is 0.230 e. The molecule has 0 saturated heterocycles. The van der Waals surface area contributed by atoms with Crippen LogP contribution in [0.3, 0.4) is 0 Å². The van der Waals surface area contributed by atoms with Gasteiger partial charge in [0.2, 0.25) is 5.91 Å². The Morgan fingerprint density at radius 3 is 2.63 bits per heavy atom. The molecule has 0 radical (unpaired) electrons. The van der Waals surface area contributed by atoms with Crippen LogP contribution in [0.5, 0.6) is 11.5 Å². The first-order valence-electron chi connectivity index (χ1n) is 6.44. The molecule has 1 aliphatic heterocycles. The van der Waals surface area contributed by atoms with Gasteiger partial charge >= 0.3 is 0 Å². The lowest BCUT2D eigenvalue weighted by molar-refractivity contribution is -0.130. The predicted octanol–water partition coefficient (Wildman–Crippen LogP) is 0.978. The zero-order valence-corrected chi connectivity index (χ0v) is 11.4. The van der Waals surface area contributed by atoms with Gasteiger partial charge in [0.15, 0.2) is 11.5 Å². The normalized spacial score (nSPS) is 15.5. The number of benzene rings is 1. The minimum Gasteiger partial charge on any atom is -0.490 e. The quantitative estimate of drug-likeness (QED) is 0.884. The van der Waals surface area contributed by atoms with Crippen LogP contribution in [-0.4, -0.2) is 44.7 Å². The average Bonchev–Trinajstić information content (AvgIpc) is 2.64. The summed E-state index contributed by atoms with van der Waals surface area (Å²) in [6, 6.07) is 5.59. The summed E-state index contributed by atoms with van der Waals surface area (Å²) in [5.41, 5.74) is 6.60. The molecule has 0 fully saturated rings. The van der Waals surface area contributed by atoms with E-state index in [0.717, 1.165) is 17.7 Å². The van der Waals surface area contributed by atoms with E-state index in [9.17, 15) is 4.79 Å². The number of ether oxygens (including phenoxy) is 2. The molecule has 19 heavy (non-hydrogen) atoms. The number of rotatable bonds is 3. The maximum atomic E-state index is 12.1. The molecule has 1 amide bonds. The molecular weight excluding hydrogens is 244 g/mol. The van der Waals surface area contributed by atoms with E-state index < -0.39 is 0 Å². The Hall–Kier alpha value is -1.75. The Morgan fingerprint density at radius 1 is 1.32 bits per heavy atom. The summed E-state index contributed by atoms with van der Waals surface area (Å²) in [4.78, 5) is 13.6. The molecule has 0 aliphatic carbocycles. The molecule has 104 valence electrons. The number of nitrogens with two attached hydrogens (primary N) is 1. The molecule has 1 aromatic rings. The molecular formula is C14H20N2O3. The highest BCUT2D eigenvalue weighted by Crippen LogP contribution is 2.33. The lowest BCUT2D eigenvalue weighted by atomic mass is 9.97. The van der Waals surface area contributed by atoms with Gasteiger partial charge in [0.25, 0.3) is 0 Å². The highest BCUT2D eigenvalue weighted by molar-refractivity contribution is 5.83. The Labute approximate surface area is 113 Å². The summed E-state index contributed by atoms with van der Waals surface area (Å²) < 4.78 is 11.2. The van der Waals surface area contributed by atoms with Crippen molar-refractivity contribution in [3.63, 3.8) is 0 Å². The third-order valence-corrected chi connectivity index (χ3v) is 3.15. The highest BCUT2D eigenvalue weighted by atomic mass is 16.5. The number of amides is 1. The number of likely N-dealkylation sites (N-methyl/N-ethyl adjacent to an activating group) is 1. The minimum atomic E-state index is -0.341. The Morgan fingerprint density at radius 2 is 2.00 bits per heavy atom. The van der Waals surface area contributed by atoms with Crippen molar-refractivity contribution in [1.29, 1.82) is 0 Å². The Kier molecular flexibility index (Phi) is 4.27. The lowest BCUT2D eigenvalue weighted by Gasteiger charge is -2.20. The fourth-order valence-corrected chi connectivity index (χ4v) is 2.09. The van der Waals surface area contributed by atoms with Crippen LogP contribution in [0.2, 0.25) is 0 Å². The van der Waals surface area contributed by atoms with Crippen molar-refractivity contribution in [1.82, 2.24) is 4.90 Å². The standard InChI is InChI=1S/C14H20N2O3/c1-16(2)14(17)11(9-15)10-4-5-12-13(8-10)19-7-3-6-18-12/h4-5,8,11H,3,6-7,9,15H2,1-2H3. The maximum Gasteiger partial charge on any atom is 0.230 e. The Bertz CT molecular complexity index is 460. The summed E-state index contributed by atoms with van der Waals surface area (Å²) in [5.74, 6) is 1.08. The molecule has 0 spiro atoms. The van der Waals surface area contributed by atoms with E-state index in [4.69, 9.17) is 15.2 Å². The zero-order valence-electron chi connectivity index (χ0n) is 11.4. The van der Waals surface area contributed by atoms with Gasteiger partial charge in [0.1, 0.15) is 0 Å². The molecule has 1 atom stereocenters. The van der Waals surface area contributed by atoms with E-state index in [1.807, 2.05) is 18.2 Å². The van der Waals surface area contributed by atoms with Crippen LogP contribution in [0.25, 0.3) is 0 Å². The fourth-order valence-electron chi connectivity index (χ4n) is 2.09. The summed E-state index contributed by atoms with van der Waals surface area (Å²) in [6.45, 7) is 1.56. The van der Waals surface area contributed by atoms with Gasteiger partial charge in [-0.2, -0.15) is 0 Å². The third-order valence-electron chi connectivity index (χ3n) is 3.15. The summed E-state index contributed by atoms with van der Waals surface area (Å²) >= 11 is 0. The second-order valence-corrected chi connectivity index (χ2v) is 4.78. The molecule has 2 rings (SSSR count). The van der Waals surface area contributed by atoms with Crippen LogP contribution in [0.4, 0.5) is 0 Å². The molecule has 5 nitrogen and oxygen atoms in total. The summed E-state index contributed by atoms with van der Waals surface area (Å²) in [7, 11) is 3.46. The van der Waals surface area contributed by atoms with Crippen LogP contribution >= 0.6 is 0 Å². The second kappa shape index (κ2) is 5.93. The summed E-state index contributed by atoms with van der Waals surface area (Å²) in [6.07, 6.45) is 0.862. The number of hydrogen-bond acceptors (Lipinski definition) is 4. The molecule has 0 aromatic heterocycles. The van der Waals surface area contributed by atoms with Gasteiger partial charge in [-0.3, -0.25) is 4.79 Å². The SMILES string of the molecule is CN(C)C(=O)C(CN)c1ccc2c(c1)OCCCO2. The van der Waals surface area contributed by atoms with Crippen molar-refractivity contribution in [2.75, 3.05) is 33.9 Å². The first-order valence-corrected chi connectivity index (χ1v) is 6.44. The molecule has 1 heterocycles. The van der Waals surface area contributed by atoms with Gasteiger partial charge in [0, 0.05) is 27.1 Å². The van der Waals surface area contributed by atoms with Crippen LogP contribution in [-0.2, 0) is 4.79 Å². The van der Waals surface area contributed by atoms with E-state index in [2.05, 4.69) is 0 Å². The van der Waals surface area contributed by atoms with Crippen molar-refractivity contribution in [3.05, 3.63) is 23.8 Å². The van der Waals surface area contributed by atoms with Crippen LogP contribution in [0, 0.1) is 0 Å². The first kappa shape index (κ1) is 13.7. The lowest BCUT2D eigenvalue weighted by Crippen LogP contribution is -2.32. The number of hydrogen-bond donors (Lipinski definition) is 1. The van der Waals surface area contributed by atoms with Crippen LogP contribution in [0.1, 0.15) is 17.9 Å². The van der Waals surface area contributed by atoms with Crippen LogP contribution in [0.15, 0.2) is 18.2 Å². The largest absolute Gasteiger partial charge is 0.490 e. The van der Waals surface area contributed by atoms with Crippen molar-refractivity contribution in [2.45, 2.75) is 12.3 Å². The average molecular weight is 264 g/mol. The molecule has 1 unspecified atom stereocenters. The molecule has 0 saturated carbocycles. The number of fused-ring (bicyclic) bond motifs is 1. The molecule has 1 aromatic carbocycles. The van der Waals surface area contributed by atoms with Gasteiger partial charge < -0.3 is 20.1 Å². The van der Waals surface area contributed by atoms with Gasteiger partial charge in [-0.15, -0.1) is 0 Å². The second-order valence-electron chi connectivity index (χ2n) is 4.78. The topological polar surface area (TPSA) is 64.8 Å². The van der Waals surface area contributed by atoms with E-state index in [-0.39, 0.29) is 18.4 Å². The fraction of sp³-hybridized carbons (Fsp3) is 0.500. The van der Waals surface area contributed by atoms with Crippen molar-refractivity contribution >= 4 is 5.91 Å². The van der Waals surface area contributed by atoms with Crippen molar-refractivity contribution < 1.29 is 14.3 Å². The maximum absolute atomic E-state index is 12.1. The minimum absolute atomic E-state index is 0.00279. The molecule has 0 bridgehead atoms. The van der Waals surface area contributed by atoms with E-state index >= 15 is 0 Å². The highest BCUT2D eigenvalue weighted by Gasteiger charge is 2.22. The first-order chi connectivity index (χ1) is 9.13. The number of nitrogens with zero attached hydrogens (tertiary/aromatic N) is 1. The Balaban J connectivity index is 2.29. The van der Waals surface area contributed by atoms with E-state index in [0.29, 0.717) is 19.0 Å². The van der Waals surface area contributed by atoms with E-state index in [1.54, 1.807) is 19.0 Å². The van der Waals surface area contributed by atoms with Gasteiger partial charge in [-0.1, -0.05) is 6.07 Å².